The highest BCUT2D eigenvalue weighted by Gasteiger charge is 2.27. The highest BCUT2D eigenvalue weighted by Crippen LogP contribution is 2.35. The zero-order chi connectivity index (χ0) is 18.8. The molecule has 4 rings (SSSR count). The fourth-order valence-corrected chi connectivity index (χ4v) is 3.82. The van der Waals surface area contributed by atoms with Gasteiger partial charge < -0.3 is 5.11 Å². The first-order valence-electron chi connectivity index (χ1n) is 8.61. The lowest BCUT2D eigenvalue weighted by molar-refractivity contribution is 0.107. The van der Waals surface area contributed by atoms with Crippen LogP contribution in [0.5, 0.6) is 0 Å². The Kier molecular flexibility index (Phi) is 5.12. The molecule has 0 saturated heterocycles. The van der Waals surface area contributed by atoms with Gasteiger partial charge in [-0.3, -0.25) is 0 Å². The summed E-state index contributed by atoms with van der Waals surface area (Å²) in [6, 6.07) is 22.2. The van der Waals surface area contributed by atoms with Crippen LogP contribution in [0.1, 0.15) is 23.3 Å². The van der Waals surface area contributed by atoms with Gasteiger partial charge in [0.05, 0.1) is 11.6 Å². The van der Waals surface area contributed by atoms with Crippen molar-refractivity contribution < 1.29 is 5.11 Å². The van der Waals surface area contributed by atoms with Gasteiger partial charge in [-0.05, 0) is 35.4 Å². The van der Waals surface area contributed by atoms with Crippen LogP contribution in [0.15, 0.2) is 72.8 Å². The van der Waals surface area contributed by atoms with Gasteiger partial charge in [0.25, 0.3) is 0 Å². The van der Waals surface area contributed by atoms with Gasteiger partial charge in [0, 0.05) is 16.5 Å². The van der Waals surface area contributed by atoms with E-state index in [9.17, 15) is 5.11 Å². The largest absolute Gasteiger partial charge is 0.386 e. The van der Waals surface area contributed by atoms with Gasteiger partial charge in [-0.1, -0.05) is 76.9 Å². The molecule has 2 unspecified atom stereocenters. The first-order chi connectivity index (χ1) is 13.1. The zero-order valence-corrected chi connectivity index (χ0v) is 15.8. The number of aliphatic hydroxyl groups excluding tert-OH is 1. The maximum Gasteiger partial charge on any atom is 0.113 e. The fraction of sp³-hybridized carbons (Fsp3) is 0.143. The van der Waals surface area contributed by atoms with Gasteiger partial charge in [-0.2, -0.15) is 0 Å². The molecular weight excluding hydrogens is 381 g/mol. The van der Waals surface area contributed by atoms with Crippen molar-refractivity contribution in [2.75, 3.05) is 0 Å². The molecule has 1 heterocycles. The molecule has 0 aliphatic rings. The Balaban J connectivity index is 1.82. The second-order valence-corrected chi connectivity index (χ2v) is 7.16. The minimum atomic E-state index is -0.802. The quantitative estimate of drug-likeness (QED) is 0.499. The van der Waals surface area contributed by atoms with Crippen molar-refractivity contribution in [3.8, 4) is 0 Å². The SMILES string of the molecule is OC(c1ccccc1)C(Cc1c(Cl)cccc1Cl)n1nnc2ccccc21. The summed E-state index contributed by atoms with van der Waals surface area (Å²) in [5, 5.41) is 20.9. The standard InChI is InChI=1S/C21H17Cl2N3O/c22-16-9-6-10-17(23)15(16)13-20(21(27)14-7-2-1-3-8-14)26-19-12-5-4-11-18(19)24-25-26/h1-12,20-21,27H,13H2. The number of para-hydroxylation sites is 1. The molecule has 136 valence electrons. The van der Waals surface area contributed by atoms with E-state index < -0.39 is 12.1 Å². The Morgan fingerprint density at radius 2 is 1.52 bits per heavy atom. The summed E-state index contributed by atoms with van der Waals surface area (Å²) in [4.78, 5) is 0. The summed E-state index contributed by atoms with van der Waals surface area (Å²) in [6.07, 6.45) is -0.384. The second kappa shape index (κ2) is 7.69. The molecule has 1 N–H and O–H groups in total. The number of benzene rings is 3. The van der Waals surface area contributed by atoms with Crippen LogP contribution in [0.2, 0.25) is 10.0 Å². The third kappa shape index (κ3) is 3.56. The molecule has 0 fully saturated rings. The summed E-state index contributed by atoms with van der Waals surface area (Å²) in [7, 11) is 0. The third-order valence-electron chi connectivity index (χ3n) is 4.67. The van der Waals surface area contributed by atoms with Gasteiger partial charge in [0.2, 0.25) is 0 Å². The first-order valence-corrected chi connectivity index (χ1v) is 9.36. The summed E-state index contributed by atoms with van der Waals surface area (Å²) in [5.74, 6) is 0. The Morgan fingerprint density at radius 1 is 0.852 bits per heavy atom. The number of halogens is 2. The van der Waals surface area contributed by atoms with E-state index >= 15 is 0 Å². The number of hydrogen-bond donors (Lipinski definition) is 1. The maximum absolute atomic E-state index is 11.2. The topological polar surface area (TPSA) is 50.9 Å². The molecule has 4 aromatic rings. The second-order valence-electron chi connectivity index (χ2n) is 6.35. The van der Waals surface area contributed by atoms with E-state index in [4.69, 9.17) is 23.2 Å². The average molecular weight is 398 g/mol. The van der Waals surface area contributed by atoms with Gasteiger partial charge in [-0.25, -0.2) is 4.68 Å². The fourth-order valence-electron chi connectivity index (χ4n) is 3.27. The lowest BCUT2D eigenvalue weighted by atomic mass is 9.96. The molecule has 0 radical (unpaired) electrons. The Bertz CT molecular complexity index is 1050. The van der Waals surface area contributed by atoms with Crippen molar-refractivity contribution in [2.24, 2.45) is 0 Å². The van der Waals surface area contributed by atoms with E-state index in [1.54, 1.807) is 16.8 Å². The number of rotatable bonds is 5. The average Bonchev–Trinajstić information content (AvgIpc) is 3.12. The van der Waals surface area contributed by atoms with Crippen LogP contribution in [0.25, 0.3) is 11.0 Å². The van der Waals surface area contributed by atoms with Crippen molar-refractivity contribution in [2.45, 2.75) is 18.6 Å². The van der Waals surface area contributed by atoms with E-state index in [2.05, 4.69) is 10.3 Å². The molecule has 3 aromatic carbocycles. The number of fused-ring (bicyclic) bond motifs is 1. The lowest BCUT2D eigenvalue weighted by Gasteiger charge is -2.25. The number of aromatic nitrogens is 3. The molecule has 0 bridgehead atoms. The van der Waals surface area contributed by atoms with Gasteiger partial charge in [-0.15, -0.1) is 5.10 Å². The minimum Gasteiger partial charge on any atom is -0.386 e. The van der Waals surface area contributed by atoms with Crippen LogP contribution in [-0.2, 0) is 6.42 Å². The monoisotopic (exact) mass is 397 g/mol. The third-order valence-corrected chi connectivity index (χ3v) is 5.38. The normalized spacial score (nSPS) is 13.6. The maximum atomic E-state index is 11.2. The molecule has 0 spiro atoms. The van der Waals surface area contributed by atoms with Crippen molar-refractivity contribution in [3.05, 3.63) is 94.0 Å². The Hall–Kier alpha value is -2.40. The number of aliphatic hydroxyl groups is 1. The lowest BCUT2D eigenvalue weighted by Crippen LogP contribution is -2.22. The molecule has 0 amide bonds. The van der Waals surface area contributed by atoms with Gasteiger partial charge >= 0.3 is 0 Å². The molecule has 0 saturated carbocycles. The predicted octanol–water partition coefficient (Wildman–Crippen LogP) is 5.26. The van der Waals surface area contributed by atoms with Gasteiger partial charge in [0.1, 0.15) is 11.6 Å². The smallest absolute Gasteiger partial charge is 0.113 e. The predicted molar refractivity (Wildman–Crippen MR) is 108 cm³/mol. The highest BCUT2D eigenvalue weighted by atomic mass is 35.5. The van der Waals surface area contributed by atoms with Crippen LogP contribution < -0.4 is 0 Å². The molecule has 6 heteroatoms. The van der Waals surface area contributed by atoms with E-state index in [1.165, 1.54) is 0 Å². The Morgan fingerprint density at radius 3 is 2.26 bits per heavy atom. The molecule has 1 aromatic heterocycles. The van der Waals surface area contributed by atoms with Crippen molar-refractivity contribution >= 4 is 34.2 Å². The van der Waals surface area contributed by atoms with Crippen LogP contribution in [0, 0.1) is 0 Å². The summed E-state index contributed by atoms with van der Waals surface area (Å²) in [6.45, 7) is 0. The van der Waals surface area contributed by atoms with E-state index in [0.717, 1.165) is 22.2 Å². The Labute approximate surface area is 167 Å². The van der Waals surface area contributed by atoms with E-state index in [-0.39, 0.29) is 0 Å². The summed E-state index contributed by atoms with van der Waals surface area (Å²) in [5.41, 5.74) is 3.19. The van der Waals surface area contributed by atoms with Crippen LogP contribution in [-0.4, -0.2) is 20.1 Å². The van der Waals surface area contributed by atoms with E-state index in [1.807, 2.05) is 60.7 Å². The summed E-state index contributed by atoms with van der Waals surface area (Å²) >= 11 is 12.8. The molecule has 27 heavy (non-hydrogen) atoms. The summed E-state index contributed by atoms with van der Waals surface area (Å²) < 4.78 is 1.76. The van der Waals surface area contributed by atoms with Crippen LogP contribution in [0.3, 0.4) is 0 Å². The minimum absolute atomic E-state index is 0.419. The first kappa shape index (κ1) is 18.0. The molecule has 2 atom stereocenters. The highest BCUT2D eigenvalue weighted by molar-refractivity contribution is 6.36. The molecular formula is C21H17Cl2N3O. The van der Waals surface area contributed by atoms with Crippen molar-refractivity contribution in [3.63, 3.8) is 0 Å². The molecule has 4 nitrogen and oxygen atoms in total. The molecule has 0 aliphatic heterocycles. The number of nitrogens with zero attached hydrogens (tertiary/aromatic N) is 3. The van der Waals surface area contributed by atoms with Crippen LogP contribution in [0.4, 0.5) is 0 Å². The zero-order valence-electron chi connectivity index (χ0n) is 14.3. The number of hydrogen-bond acceptors (Lipinski definition) is 3. The van der Waals surface area contributed by atoms with Gasteiger partial charge in [0.15, 0.2) is 0 Å². The van der Waals surface area contributed by atoms with E-state index in [0.29, 0.717) is 16.5 Å². The van der Waals surface area contributed by atoms with Crippen molar-refractivity contribution in [1.82, 2.24) is 15.0 Å². The van der Waals surface area contributed by atoms with Crippen molar-refractivity contribution in [1.29, 1.82) is 0 Å². The molecule has 0 aliphatic carbocycles. The van der Waals surface area contributed by atoms with Crippen LogP contribution >= 0.6 is 23.2 Å².